The summed E-state index contributed by atoms with van der Waals surface area (Å²) in [7, 11) is 0. The monoisotopic (exact) mass is 361 g/mol. The summed E-state index contributed by atoms with van der Waals surface area (Å²) in [5.41, 5.74) is 0.865. The molecule has 0 unspecified atom stereocenters. The fourth-order valence-corrected chi connectivity index (χ4v) is 3.66. The molecule has 0 spiro atoms. The lowest BCUT2D eigenvalue weighted by Gasteiger charge is -2.30. The predicted molar refractivity (Wildman–Crippen MR) is 101 cm³/mol. The summed E-state index contributed by atoms with van der Waals surface area (Å²) in [4.78, 5) is 24.1. The topological polar surface area (TPSA) is 75.6 Å². The Balaban J connectivity index is 1.91. The van der Waals surface area contributed by atoms with Crippen LogP contribution in [0.5, 0.6) is 5.75 Å². The van der Waals surface area contributed by atoms with Gasteiger partial charge in [0.1, 0.15) is 11.8 Å². The fourth-order valence-electron chi connectivity index (χ4n) is 3.66. The molecule has 0 radical (unpaired) electrons. The highest BCUT2D eigenvalue weighted by atomic mass is 16.5. The Morgan fingerprint density at radius 1 is 1.15 bits per heavy atom. The van der Waals surface area contributed by atoms with Crippen LogP contribution in [0.15, 0.2) is 24.3 Å². The highest BCUT2D eigenvalue weighted by Gasteiger charge is 2.30. The van der Waals surface area contributed by atoms with Crippen molar-refractivity contribution in [2.75, 3.05) is 6.61 Å². The Hall–Kier alpha value is -2.04. The molecule has 2 rings (SSSR count). The predicted octanol–water partition coefficient (Wildman–Crippen LogP) is 3.66. The van der Waals surface area contributed by atoms with E-state index in [9.17, 15) is 14.7 Å². The molecule has 144 valence electrons. The molecule has 1 amide bonds. The van der Waals surface area contributed by atoms with Crippen LogP contribution in [0, 0.1) is 17.8 Å². The number of benzene rings is 1. The molecule has 1 aliphatic carbocycles. The molecule has 1 aromatic carbocycles. The second-order valence-electron chi connectivity index (χ2n) is 7.54. The molecular formula is C21H31NO4. The van der Waals surface area contributed by atoms with Crippen molar-refractivity contribution in [1.29, 1.82) is 0 Å². The van der Waals surface area contributed by atoms with E-state index in [2.05, 4.69) is 19.2 Å². The van der Waals surface area contributed by atoms with Gasteiger partial charge in [0.25, 0.3) is 0 Å². The Kier molecular flexibility index (Phi) is 7.49. The molecule has 2 N–H and O–H groups in total. The summed E-state index contributed by atoms with van der Waals surface area (Å²) in [6, 6.07) is 6.45. The number of hydrogen-bond acceptors (Lipinski definition) is 3. The molecule has 0 saturated heterocycles. The van der Waals surface area contributed by atoms with Gasteiger partial charge in [-0.3, -0.25) is 4.79 Å². The number of nitrogens with one attached hydrogen (secondary N) is 1. The maximum atomic E-state index is 12.5. The first kappa shape index (κ1) is 20.3. The number of carbonyl (C=O) groups is 2. The van der Waals surface area contributed by atoms with E-state index in [4.69, 9.17) is 4.74 Å². The zero-order valence-electron chi connectivity index (χ0n) is 16.0. The van der Waals surface area contributed by atoms with Gasteiger partial charge >= 0.3 is 5.97 Å². The highest BCUT2D eigenvalue weighted by Crippen LogP contribution is 2.33. The number of aliphatic carboxylic acids is 1. The van der Waals surface area contributed by atoms with E-state index in [1.54, 1.807) is 0 Å². The van der Waals surface area contributed by atoms with Gasteiger partial charge in [0.05, 0.1) is 6.61 Å². The van der Waals surface area contributed by atoms with Gasteiger partial charge in [0.15, 0.2) is 0 Å². The van der Waals surface area contributed by atoms with Gasteiger partial charge in [-0.15, -0.1) is 0 Å². The minimum atomic E-state index is -0.997. The van der Waals surface area contributed by atoms with Crippen LogP contribution in [0.2, 0.25) is 0 Å². The number of carbonyl (C=O) groups excluding carboxylic acids is 1. The maximum absolute atomic E-state index is 12.5. The molecule has 5 nitrogen and oxygen atoms in total. The third kappa shape index (κ3) is 5.75. The maximum Gasteiger partial charge on any atom is 0.326 e. The number of hydrogen-bond donors (Lipinski definition) is 2. The smallest absolute Gasteiger partial charge is 0.326 e. The van der Waals surface area contributed by atoms with Crippen LogP contribution >= 0.6 is 0 Å². The van der Waals surface area contributed by atoms with Crippen LogP contribution < -0.4 is 10.1 Å². The van der Waals surface area contributed by atoms with Crippen LogP contribution in [0.3, 0.4) is 0 Å². The van der Waals surface area contributed by atoms with E-state index in [0.717, 1.165) is 37.0 Å². The largest absolute Gasteiger partial charge is 0.494 e. The van der Waals surface area contributed by atoms with Crippen molar-refractivity contribution >= 4 is 11.9 Å². The summed E-state index contributed by atoms with van der Waals surface area (Å²) < 4.78 is 5.40. The number of carboxylic acids is 1. The van der Waals surface area contributed by atoms with E-state index in [0.29, 0.717) is 18.4 Å². The molecule has 0 bridgehead atoms. The van der Waals surface area contributed by atoms with Gasteiger partial charge in [0.2, 0.25) is 5.91 Å². The average Bonchev–Trinajstić information content (AvgIpc) is 2.62. The van der Waals surface area contributed by atoms with Crippen LogP contribution in [0.1, 0.15) is 52.0 Å². The van der Waals surface area contributed by atoms with Gasteiger partial charge in [-0.2, -0.15) is 0 Å². The van der Waals surface area contributed by atoms with Gasteiger partial charge in [-0.1, -0.05) is 26.0 Å². The number of rotatable bonds is 8. The summed E-state index contributed by atoms with van der Waals surface area (Å²) in [6.45, 7) is 6.95. The molecular weight excluding hydrogens is 330 g/mol. The van der Waals surface area contributed by atoms with Crippen molar-refractivity contribution in [3.05, 3.63) is 29.8 Å². The second-order valence-corrected chi connectivity index (χ2v) is 7.54. The minimum Gasteiger partial charge on any atom is -0.494 e. The molecule has 1 atom stereocenters. The van der Waals surface area contributed by atoms with E-state index >= 15 is 0 Å². The molecule has 1 saturated carbocycles. The molecule has 0 aliphatic heterocycles. The van der Waals surface area contributed by atoms with Crippen LogP contribution in [0.4, 0.5) is 0 Å². The Labute approximate surface area is 156 Å². The number of carboxylic acid groups (broad SMARTS) is 1. The first-order valence-corrected chi connectivity index (χ1v) is 9.65. The lowest BCUT2D eigenvalue weighted by atomic mass is 9.76. The van der Waals surface area contributed by atoms with Crippen molar-refractivity contribution < 1.29 is 19.4 Å². The van der Waals surface area contributed by atoms with Gasteiger partial charge in [0, 0.05) is 12.3 Å². The fraction of sp³-hybridized carbons (Fsp3) is 0.619. The zero-order chi connectivity index (χ0) is 19.1. The second kappa shape index (κ2) is 9.60. The van der Waals surface area contributed by atoms with E-state index in [1.165, 1.54) is 0 Å². The Bertz CT molecular complexity index is 589. The van der Waals surface area contributed by atoms with Crippen LogP contribution in [-0.2, 0) is 16.0 Å². The van der Waals surface area contributed by atoms with Crippen molar-refractivity contribution in [2.24, 2.45) is 17.8 Å². The van der Waals surface area contributed by atoms with Gasteiger partial charge in [-0.05, 0) is 62.1 Å². The van der Waals surface area contributed by atoms with Gasteiger partial charge in [-0.25, -0.2) is 4.79 Å². The van der Waals surface area contributed by atoms with Gasteiger partial charge < -0.3 is 15.2 Å². The van der Waals surface area contributed by atoms with E-state index < -0.39 is 12.0 Å². The summed E-state index contributed by atoms with van der Waals surface area (Å²) >= 11 is 0. The lowest BCUT2D eigenvalue weighted by Crippen LogP contribution is -2.45. The van der Waals surface area contributed by atoms with Crippen molar-refractivity contribution in [3.63, 3.8) is 0 Å². The van der Waals surface area contributed by atoms with Crippen LogP contribution in [-0.4, -0.2) is 29.6 Å². The van der Waals surface area contributed by atoms with E-state index in [-0.39, 0.29) is 18.2 Å². The van der Waals surface area contributed by atoms with Crippen molar-refractivity contribution in [3.8, 4) is 5.75 Å². The molecule has 0 heterocycles. The summed E-state index contributed by atoms with van der Waals surface area (Å²) in [6.07, 6.45) is 4.07. The Morgan fingerprint density at radius 3 is 2.27 bits per heavy atom. The Morgan fingerprint density at radius 2 is 1.77 bits per heavy atom. The third-order valence-electron chi connectivity index (χ3n) is 5.37. The summed E-state index contributed by atoms with van der Waals surface area (Å²) in [5, 5.41) is 12.2. The molecule has 5 heteroatoms. The standard InChI is InChI=1S/C21H31NO4/c1-4-26-18-11-5-15(6-12-18)13-19(21(24)25)22-20(23)17-9-7-16(8-10-17)14(2)3/h5-6,11-12,14,16-17,19H,4,7-10,13H2,1-3H3,(H,22,23)(H,24,25)/t16?,17?,19-/m1/s1. The molecule has 1 aromatic rings. The first-order chi connectivity index (χ1) is 12.4. The quantitative estimate of drug-likeness (QED) is 0.741. The molecule has 26 heavy (non-hydrogen) atoms. The van der Waals surface area contributed by atoms with Crippen molar-refractivity contribution in [1.82, 2.24) is 5.32 Å². The highest BCUT2D eigenvalue weighted by molar-refractivity contribution is 5.85. The summed E-state index contributed by atoms with van der Waals surface area (Å²) in [5.74, 6) is 0.901. The van der Waals surface area contributed by atoms with Crippen molar-refractivity contribution in [2.45, 2.75) is 58.9 Å². The van der Waals surface area contributed by atoms with Crippen LogP contribution in [0.25, 0.3) is 0 Å². The SMILES string of the molecule is CCOc1ccc(C[C@@H](NC(=O)C2CCC(C(C)C)CC2)C(=O)O)cc1. The zero-order valence-corrected chi connectivity index (χ0v) is 16.0. The number of amides is 1. The normalized spacial score (nSPS) is 21.2. The lowest BCUT2D eigenvalue weighted by molar-refractivity contribution is -0.142. The number of ether oxygens (including phenoxy) is 1. The molecule has 1 fully saturated rings. The molecule has 0 aromatic heterocycles. The molecule has 1 aliphatic rings. The van der Waals surface area contributed by atoms with E-state index in [1.807, 2.05) is 31.2 Å². The first-order valence-electron chi connectivity index (χ1n) is 9.65. The minimum absolute atomic E-state index is 0.0628. The third-order valence-corrected chi connectivity index (χ3v) is 5.37. The average molecular weight is 361 g/mol.